The monoisotopic (exact) mass is 273 g/mol. The molecule has 104 valence electrons. The van der Waals surface area contributed by atoms with Crippen molar-refractivity contribution >= 4 is 28.6 Å². The van der Waals surface area contributed by atoms with Gasteiger partial charge in [0.2, 0.25) is 0 Å². The third kappa shape index (κ3) is 3.23. The molecular weight excluding hydrogens is 258 g/mol. The van der Waals surface area contributed by atoms with Gasteiger partial charge in [0, 0.05) is 17.3 Å². The van der Waals surface area contributed by atoms with E-state index in [0.717, 1.165) is 10.9 Å². The van der Waals surface area contributed by atoms with E-state index in [1.54, 1.807) is 31.3 Å². The van der Waals surface area contributed by atoms with Gasteiger partial charge in [0.1, 0.15) is 6.04 Å². The summed E-state index contributed by atoms with van der Waals surface area (Å²) >= 11 is 0. The topological polar surface area (TPSA) is 91.3 Å². The zero-order valence-corrected chi connectivity index (χ0v) is 11.0. The number of carbonyl (C=O) groups is 2. The predicted octanol–water partition coefficient (Wildman–Crippen LogP) is 2.22. The molecule has 1 unspecified atom stereocenters. The van der Waals surface area contributed by atoms with Gasteiger partial charge in [-0.25, -0.2) is 9.59 Å². The molecule has 1 aromatic heterocycles. The lowest BCUT2D eigenvalue weighted by atomic mass is 10.2. The summed E-state index contributed by atoms with van der Waals surface area (Å²) < 4.78 is 0. The molecule has 1 atom stereocenters. The summed E-state index contributed by atoms with van der Waals surface area (Å²) in [7, 11) is 0. The molecule has 1 heterocycles. The summed E-state index contributed by atoms with van der Waals surface area (Å²) in [4.78, 5) is 26.7. The number of amides is 2. The number of nitrogens with one attached hydrogen (secondary N) is 2. The zero-order chi connectivity index (χ0) is 14.5. The highest BCUT2D eigenvalue weighted by atomic mass is 16.4. The van der Waals surface area contributed by atoms with Gasteiger partial charge in [-0.05, 0) is 30.7 Å². The van der Waals surface area contributed by atoms with Crippen molar-refractivity contribution in [1.82, 2.24) is 10.3 Å². The standard InChI is InChI=1S/C14H15N3O3/c1-2-11(13(18)19)17-14(20)16-10-5-6-12-9(8-10)4-3-7-15-12/h3-8,11H,2H2,1H3,(H,18,19)(H2,16,17,20). The molecule has 0 spiro atoms. The third-order valence-corrected chi connectivity index (χ3v) is 2.87. The lowest BCUT2D eigenvalue weighted by Crippen LogP contribution is -2.42. The summed E-state index contributed by atoms with van der Waals surface area (Å²) in [6, 6.07) is 7.56. The molecule has 2 rings (SSSR count). The zero-order valence-electron chi connectivity index (χ0n) is 11.0. The van der Waals surface area contributed by atoms with Crippen molar-refractivity contribution in [3.8, 4) is 0 Å². The predicted molar refractivity (Wildman–Crippen MR) is 75.6 cm³/mol. The van der Waals surface area contributed by atoms with Crippen LogP contribution in [0.5, 0.6) is 0 Å². The van der Waals surface area contributed by atoms with Crippen LogP contribution in [0.25, 0.3) is 10.9 Å². The van der Waals surface area contributed by atoms with Crippen LogP contribution in [0, 0.1) is 0 Å². The highest BCUT2D eigenvalue weighted by Gasteiger charge is 2.17. The fourth-order valence-corrected chi connectivity index (χ4v) is 1.82. The van der Waals surface area contributed by atoms with Gasteiger partial charge in [0.25, 0.3) is 0 Å². The normalized spacial score (nSPS) is 11.8. The Bertz CT molecular complexity index is 642. The number of anilines is 1. The molecule has 20 heavy (non-hydrogen) atoms. The molecule has 0 bridgehead atoms. The van der Waals surface area contributed by atoms with E-state index in [4.69, 9.17) is 5.11 Å². The van der Waals surface area contributed by atoms with Crippen LogP contribution in [0.2, 0.25) is 0 Å². The smallest absolute Gasteiger partial charge is 0.326 e. The maximum Gasteiger partial charge on any atom is 0.326 e. The van der Waals surface area contributed by atoms with E-state index < -0.39 is 18.0 Å². The third-order valence-electron chi connectivity index (χ3n) is 2.87. The number of aromatic nitrogens is 1. The number of nitrogens with zero attached hydrogens (tertiary/aromatic N) is 1. The van der Waals surface area contributed by atoms with Gasteiger partial charge in [0.15, 0.2) is 0 Å². The van der Waals surface area contributed by atoms with Crippen LogP contribution in [-0.2, 0) is 4.79 Å². The van der Waals surface area contributed by atoms with E-state index in [0.29, 0.717) is 12.1 Å². The number of fused-ring (bicyclic) bond motifs is 1. The van der Waals surface area contributed by atoms with Crippen molar-refractivity contribution in [3.05, 3.63) is 36.5 Å². The summed E-state index contributed by atoms with van der Waals surface area (Å²) in [5.74, 6) is -1.05. The van der Waals surface area contributed by atoms with Crippen LogP contribution in [0.15, 0.2) is 36.5 Å². The van der Waals surface area contributed by atoms with Crippen LogP contribution in [0.3, 0.4) is 0 Å². The lowest BCUT2D eigenvalue weighted by Gasteiger charge is -2.13. The van der Waals surface area contributed by atoms with Crippen molar-refractivity contribution in [2.75, 3.05) is 5.32 Å². The largest absolute Gasteiger partial charge is 0.480 e. The number of rotatable bonds is 4. The van der Waals surface area contributed by atoms with Gasteiger partial charge in [0.05, 0.1) is 5.52 Å². The number of carboxylic acid groups (broad SMARTS) is 1. The van der Waals surface area contributed by atoms with Crippen molar-refractivity contribution < 1.29 is 14.7 Å². The van der Waals surface area contributed by atoms with Gasteiger partial charge in [-0.15, -0.1) is 0 Å². The summed E-state index contributed by atoms with van der Waals surface area (Å²) in [6.45, 7) is 1.70. The molecule has 1 aromatic carbocycles. The van der Waals surface area contributed by atoms with Crippen molar-refractivity contribution in [2.24, 2.45) is 0 Å². The second-order valence-corrected chi connectivity index (χ2v) is 4.31. The number of carbonyl (C=O) groups excluding carboxylic acids is 1. The Kier molecular flexibility index (Phi) is 4.14. The number of carboxylic acids is 1. The van der Waals surface area contributed by atoms with E-state index >= 15 is 0 Å². The SMILES string of the molecule is CCC(NC(=O)Nc1ccc2ncccc2c1)C(=O)O. The number of benzene rings is 1. The molecule has 6 heteroatoms. The number of pyridine rings is 1. The minimum Gasteiger partial charge on any atom is -0.480 e. The molecule has 0 aliphatic heterocycles. The van der Waals surface area contributed by atoms with Crippen LogP contribution in [-0.4, -0.2) is 28.1 Å². The second-order valence-electron chi connectivity index (χ2n) is 4.31. The fourth-order valence-electron chi connectivity index (χ4n) is 1.82. The molecule has 6 nitrogen and oxygen atoms in total. The quantitative estimate of drug-likeness (QED) is 0.796. The molecule has 0 fully saturated rings. The Hall–Kier alpha value is -2.63. The minimum atomic E-state index is -1.05. The first-order valence-corrected chi connectivity index (χ1v) is 6.25. The van der Waals surface area contributed by atoms with E-state index in [2.05, 4.69) is 15.6 Å². The molecule has 0 radical (unpaired) electrons. The number of hydrogen-bond donors (Lipinski definition) is 3. The van der Waals surface area contributed by atoms with E-state index in [-0.39, 0.29) is 0 Å². The first-order valence-electron chi connectivity index (χ1n) is 6.25. The number of urea groups is 1. The van der Waals surface area contributed by atoms with Crippen LogP contribution in [0.4, 0.5) is 10.5 Å². The average Bonchev–Trinajstić information content (AvgIpc) is 2.44. The van der Waals surface area contributed by atoms with Crippen LogP contribution >= 0.6 is 0 Å². The van der Waals surface area contributed by atoms with Crippen molar-refractivity contribution in [2.45, 2.75) is 19.4 Å². The summed E-state index contributed by atoms with van der Waals surface area (Å²) in [5.41, 5.74) is 1.42. The molecule has 2 amide bonds. The molecule has 0 aliphatic carbocycles. The highest BCUT2D eigenvalue weighted by Crippen LogP contribution is 2.16. The average molecular weight is 273 g/mol. The Labute approximate surface area is 115 Å². The fraction of sp³-hybridized carbons (Fsp3) is 0.214. The molecule has 2 aromatic rings. The minimum absolute atomic E-state index is 0.324. The lowest BCUT2D eigenvalue weighted by molar-refractivity contribution is -0.139. The van der Waals surface area contributed by atoms with Gasteiger partial charge in [-0.3, -0.25) is 4.98 Å². The molecule has 3 N–H and O–H groups in total. The summed E-state index contributed by atoms with van der Waals surface area (Å²) in [5, 5.41) is 14.8. The Morgan fingerprint density at radius 2 is 2.15 bits per heavy atom. The Morgan fingerprint density at radius 3 is 2.85 bits per heavy atom. The van der Waals surface area contributed by atoms with Crippen LogP contribution in [0.1, 0.15) is 13.3 Å². The molecule has 0 saturated heterocycles. The van der Waals surface area contributed by atoms with Crippen molar-refractivity contribution in [3.63, 3.8) is 0 Å². The molecule has 0 aliphatic rings. The van der Waals surface area contributed by atoms with Crippen molar-refractivity contribution in [1.29, 1.82) is 0 Å². The van der Waals surface area contributed by atoms with E-state index in [1.807, 2.05) is 12.1 Å². The molecular formula is C14H15N3O3. The van der Waals surface area contributed by atoms with Gasteiger partial charge in [-0.1, -0.05) is 13.0 Å². The van der Waals surface area contributed by atoms with Gasteiger partial charge in [-0.2, -0.15) is 0 Å². The number of hydrogen-bond acceptors (Lipinski definition) is 3. The Balaban J connectivity index is 2.07. The summed E-state index contributed by atoms with van der Waals surface area (Å²) in [6.07, 6.45) is 2.02. The maximum atomic E-state index is 11.7. The second kappa shape index (κ2) is 6.01. The van der Waals surface area contributed by atoms with E-state index in [1.165, 1.54) is 0 Å². The van der Waals surface area contributed by atoms with E-state index in [9.17, 15) is 9.59 Å². The van der Waals surface area contributed by atoms with Gasteiger partial charge >= 0.3 is 12.0 Å². The maximum absolute atomic E-state index is 11.7. The number of aliphatic carboxylic acids is 1. The van der Waals surface area contributed by atoms with Crippen LogP contribution < -0.4 is 10.6 Å². The highest BCUT2D eigenvalue weighted by molar-refractivity contribution is 5.94. The van der Waals surface area contributed by atoms with Gasteiger partial charge < -0.3 is 15.7 Å². The first kappa shape index (κ1) is 13.8. The first-order chi connectivity index (χ1) is 9.60. The Morgan fingerprint density at radius 1 is 1.35 bits per heavy atom. The molecule has 0 saturated carbocycles.